The molecule has 0 bridgehead atoms. The van der Waals surface area contributed by atoms with Crippen LogP contribution in [0.5, 0.6) is 0 Å². The minimum absolute atomic E-state index is 0. The molecule has 3 aromatic rings. The van der Waals surface area contributed by atoms with E-state index in [0.29, 0.717) is 5.92 Å². The summed E-state index contributed by atoms with van der Waals surface area (Å²) >= 11 is 0. The van der Waals surface area contributed by atoms with E-state index in [2.05, 4.69) is 42.2 Å². The first-order valence-corrected chi connectivity index (χ1v) is 11.8. The normalized spacial score (nSPS) is 25.3. The van der Waals surface area contributed by atoms with Gasteiger partial charge in [-0.3, -0.25) is 0 Å². The summed E-state index contributed by atoms with van der Waals surface area (Å²) in [6.07, 6.45) is 10.5. The Morgan fingerprint density at radius 1 is 0.875 bits per heavy atom. The van der Waals surface area contributed by atoms with E-state index in [-0.39, 0.29) is 38.2 Å². The Balaban J connectivity index is 0.000000178. The predicted molar refractivity (Wildman–Crippen MR) is 127 cm³/mol. The Morgan fingerprint density at radius 2 is 1.56 bits per heavy atom. The molecule has 2 aliphatic rings. The molecule has 0 amide bonds. The third-order valence-corrected chi connectivity index (χ3v) is 7.05. The van der Waals surface area contributed by atoms with Crippen molar-refractivity contribution in [1.29, 1.82) is 0 Å². The Labute approximate surface area is 205 Å². The molecule has 0 aliphatic heterocycles. The first kappa shape index (κ1) is 25.0. The fourth-order valence-electron chi connectivity index (χ4n) is 5.34. The molecule has 4 heteroatoms. The average molecular weight is 609 g/mol. The molecule has 2 aliphatic carbocycles. The van der Waals surface area contributed by atoms with Gasteiger partial charge < -0.3 is 15.2 Å². The molecule has 2 fully saturated rings. The number of aryl methyl sites for hydroxylation is 1. The van der Waals surface area contributed by atoms with Gasteiger partial charge in [0, 0.05) is 37.6 Å². The molecule has 2 atom stereocenters. The summed E-state index contributed by atoms with van der Waals surface area (Å²) in [6, 6.07) is 19.6. The monoisotopic (exact) mass is 609 g/mol. The number of hydrogen-bond donors (Lipinski definition) is 2. The van der Waals surface area contributed by atoms with Crippen molar-refractivity contribution in [3.63, 3.8) is 0 Å². The van der Waals surface area contributed by atoms with E-state index in [4.69, 9.17) is 0 Å². The smallest absolute Gasteiger partial charge is 0.0595 e. The summed E-state index contributed by atoms with van der Waals surface area (Å²) in [4.78, 5) is 4.51. The molecule has 2 N–H and O–H groups in total. The van der Waals surface area contributed by atoms with Crippen molar-refractivity contribution < 1.29 is 30.3 Å². The summed E-state index contributed by atoms with van der Waals surface area (Å²) in [7, 11) is 0. The van der Waals surface area contributed by atoms with Crippen LogP contribution in [0.15, 0.2) is 54.7 Å². The van der Waals surface area contributed by atoms with E-state index >= 15 is 0 Å². The third kappa shape index (κ3) is 6.05. The molecule has 3 nitrogen and oxygen atoms in total. The number of fused-ring (bicyclic) bond motifs is 2. The summed E-state index contributed by atoms with van der Waals surface area (Å²) in [5, 5.41) is 22.5. The summed E-state index contributed by atoms with van der Waals surface area (Å²) < 4.78 is 0. The van der Waals surface area contributed by atoms with E-state index in [0.717, 1.165) is 36.9 Å². The maximum Gasteiger partial charge on any atom is 0.0595 e. The molecule has 0 spiro atoms. The zero-order chi connectivity index (χ0) is 21.6. The van der Waals surface area contributed by atoms with Crippen molar-refractivity contribution in [2.75, 3.05) is 0 Å². The molecule has 32 heavy (non-hydrogen) atoms. The van der Waals surface area contributed by atoms with E-state index in [1.807, 2.05) is 30.5 Å². The number of aromatic nitrogens is 1. The molecule has 173 valence electrons. The maximum absolute atomic E-state index is 10.0. The van der Waals surface area contributed by atoms with E-state index < -0.39 is 0 Å². The van der Waals surface area contributed by atoms with Gasteiger partial charge in [0.1, 0.15) is 0 Å². The summed E-state index contributed by atoms with van der Waals surface area (Å²) in [6.45, 7) is 2.11. The van der Waals surface area contributed by atoms with Crippen LogP contribution in [-0.4, -0.2) is 27.4 Å². The Hall–Kier alpha value is -1.58. The SMILES string of the molecule is Cc1cccc2cc(-c3[c-]cccc3)ncc12.OC1CCCCC2CCCCC(O)C12.[Ir]. The Morgan fingerprint density at radius 3 is 2.22 bits per heavy atom. The van der Waals surface area contributed by atoms with Gasteiger partial charge in [0.2, 0.25) is 0 Å². The molecular formula is C28H34IrNO2-. The molecular weight excluding hydrogens is 575 g/mol. The van der Waals surface area contributed by atoms with Gasteiger partial charge in [-0.05, 0) is 55.2 Å². The zero-order valence-electron chi connectivity index (χ0n) is 18.8. The van der Waals surface area contributed by atoms with Crippen LogP contribution in [0.1, 0.15) is 56.9 Å². The first-order chi connectivity index (χ1) is 15.1. The average Bonchev–Trinajstić information content (AvgIpc) is 3.10. The van der Waals surface area contributed by atoms with Crippen molar-refractivity contribution in [3.05, 3.63) is 66.4 Å². The molecule has 0 saturated heterocycles. The van der Waals surface area contributed by atoms with Crippen molar-refractivity contribution >= 4 is 10.8 Å². The van der Waals surface area contributed by atoms with Crippen molar-refractivity contribution in [2.24, 2.45) is 11.8 Å². The molecule has 2 unspecified atom stereocenters. The standard InChI is InChI=1S/C16H12N.C12H22O2.Ir/c1-12-6-5-9-14-10-16(17-11-15(12)14)13-7-3-2-4-8-13;13-10-7-3-1-5-9-6-2-4-8-11(14)12(9)10;/h2-7,9-11H,1H3;9-14H,1-8H2;/q-1;;. The number of benzene rings is 2. The van der Waals surface area contributed by atoms with Gasteiger partial charge in [0.15, 0.2) is 0 Å². The summed E-state index contributed by atoms with van der Waals surface area (Å²) in [5.41, 5.74) is 3.28. The van der Waals surface area contributed by atoms with Crippen LogP contribution >= 0.6 is 0 Å². The van der Waals surface area contributed by atoms with Crippen LogP contribution in [0.25, 0.3) is 22.0 Å². The van der Waals surface area contributed by atoms with Crippen LogP contribution in [0.2, 0.25) is 0 Å². The number of nitrogens with zero attached hydrogens (tertiary/aromatic N) is 1. The van der Waals surface area contributed by atoms with E-state index in [9.17, 15) is 10.2 Å². The number of hydrogen-bond acceptors (Lipinski definition) is 3. The zero-order valence-corrected chi connectivity index (χ0v) is 21.2. The second-order valence-corrected chi connectivity index (χ2v) is 9.18. The Bertz CT molecular complexity index is 960. The van der Waals surface area contributed by atoms with Crippen LogP contribution in [0.3, 0.4) is 0 Å². The van der Waals surface area contributed by atoms with Crippen molar-refractivity contribution in [1.82, 2.24) is 4.98 Å². The van der Waals surface area contributed by atoms with Crippen molar-refractivity contribution in [2.45, 2.75) is 70.5 Å². The van der Waals surface area contributed by atoms with Crippen LogP contribution < -0.4 is 0 Å². The second kappa shape index (κ2) is 12.0. The van der Waals surface area contributed by atoms with Gasteiger partial charge in [0.05, 0.1) is 12.2 Å². The first-order valence-electron chi connectivity index (χ1n) is 11.8. The molecule has 1 radical (unpaired) electrons. The molecule has 1 heterocycles. The third-order valence-electron chi connectivity index (χ3n) is 7.05. The van der Waals surface area contributed by atoms with Crippen molar-refractivity contribution in [3.8, 4) is 11.3 Å². The van der Waals surface area contributed by atoms with Gasteiger partial charge in [-0.15, -0.1) is 35.9 Å². The number of pyridine rings is 1. The fourth-order valence-corrected chi connectivity index (χ4v) is 5.34. The van der Waals surface area contributed by atoms with Gasteiger partial charge in [0.25, 0.3) is 0 Å². The minimum Gasteiger partial charge on any atom is -0.393 e. The molecule has 2 aromatic carbocycles. The largest absolute Gasteiger partial charge is 0.393 e. The molecule has 2 saturated carbocycles. The van der Waals surface area contributed by atoms with Gasteiger partial charge in [-0.2, -0.15) is 0 Å². The van der Waals surface area contributed by atoms with Crippen LogP contribution in [0.4, 0.5) is 0 Å². The molecule has 1 aromatic heterocycles. The second-order valence-electron chi connectivity index (χ2n) is 9.18. The number of aliphatic hydroxyl groups excluding tert-OH is 2. The van der Waals surface area contributed by atoms with E-state index in [1.165, 1.54) is 42.0 Å². The van der Waals surface area contributed by atoms with Gasteiger partial charge in [-0.1, -0.05) is 49.9 Å². The summed E-state index contributed by atoms with van der Waals surface area (Å²) in [5.74, 6) is 0.769. The van der Waals surface area contributed by atoms with Crippen LogP contribution in [-0.2, 0) is 20.1 Å². The Kier molecular flexibility index (Phi) is 9.43. The predicted octanol–water partition coefficient (Wildman–Crippen LogP) is 6.10. The minimum atomic E-state index is -0.240. The number of aliphatic hydroxyl groups is 2. The topological polar surface area (TPSA) is 53.4 Å². The van der Waals surface area contributed by atoms with Gasteiger partial charge >= 0.3 is 0 Å². The fraction of sp³-hybridized carbons (Fsp3) is 0.464. The molecule has 5 rings (SSSR count). The van der Waals surface area contributed by atoms with Gasteiger partial charge in [-0.25, -0.2) is 0 Å². The van der Waals surface area contributed by atoms with Crippen LogP contribution in [0, 0.1) is 24.8 Å². The van der Waals surface area contributed by atoms with E-state index in [1.54, 1.807) is 0 Å². The maximum atomic E-state index is 10.0. The quantitative estimate of drug-likeness (QED) is 0.329. The number of rotatable bonds is 1.